The molecule has 0 spiro atoms. The summed E-state index contributed by atoms with van der Waals surface area (Å²) in [6.45, 7) is 2.27. The van der Waals surface area contributed by atoms with Crippen LogP contribution in [0.25, 0.3) is 0 Å². The maximum Gasteiger partial charge on any atom is 0.310 e. The van der Waals surface area contributed by atoms with Crippen LogP contribution in [-0.2, 0) is 16.1 Å². The molecule has 0 radical (unpaired) electrons. The molecule has 0 saturated carbocycles. The molecule has 144 valence electrons. The first-order chi connectivity index (χ1) is 13.0. The number of rotatable bonds is 9. The highest BCUT2D eigenvalue weighted by atomic mass is 16.5. The minimum atomic E-state index is -0.473. The predicted octanol–water partition coefficient (Wildman–Crippen LogP) is 2.51. The molecular weight excluding hydrogens is 346 g/mol. The number of aliphatic hydroxyl groups excluding tert-OH is 1. The summed E-state index contributed by atoms with van der Waals surface area (Å²) >= 11 is 0. The molecule has 1 atom stereocenters. The van der Waals surface area contributed by atoms with Crippen molar-refractivity contribution in [3.05, 3.63) is 65.7 Å². The summed E-state index contributed by atoms with van der Waals surface area (Å²) in [4.78, 5) is 25.7. The Kier molecular flexibility index (Phi) is 7.82. The van der Waals surface area contributed by atoms with E-state index in [4.69, 9.17) is 9.47 Å². The molecule has 0 heterocycles. The Morgan fingerprint density at radius 2 is 1.74 bits per heavy atom. The lowest BCUT2D eigenvalue weighted by molar-refractivity contribution is -0.145. The Bertz CT molecular complexity index is 730. The van der Waals surface area contributed by atoms with Crippen LogP contribution in [0.3, 0.4) is 0 Å². The number of carbonyl (C=O) groups excluding carboxylic acids is 2. The number of hydrogen-bond donors (Lipinski definition) is 1. The van der Waals surface area contributed by atoms with Crippen molar-refractivity contribution in [3.63, 3.8) is 0 Å². The summed E-state index contributed by atoms with van der Waals surface area (Å²) in [5.41, 5.74) is 1.52. The first-order valence-corrected chi connectivity index (χ1v) is 8.80. The Hall–Kier alpha value is -2.86. The van der Waals surface area contributed by atoms with Gasteiger partial charge < -0.3 is 19.5 Å². The highest BCUT2D eigenvalue weighted by molar-refractivity contribution is 5.94. The minimum absolute atomic E-state index is 0.145. The molecule has 0 bridgehead atoms. The van der Waals surface area contributed by atoms with Gasteiger partial charge in [0.2, 0.25) is 0 Å². The van der Waals surface area contributed by atoms with Crippen LogP contribution in [0.15, 0.2) is 54.6 Å². The van der Waals surface area contributed by atoms with Crippen molar-refractivity contribution in [2.75, 3.05) is 26.8 Å². The highest BCUT2D eigenvalue weighted by Crippen LogP contribution is 2.16. The van der Waals surface area contributed by atoms with Crippen LogP contribution in [0, 0.1) is 5.92 Å². The van der Waals surface area contributed by atoms with E-state index in [1.165, 1.54) is 12.0 Å². The molecule has 0 aromatic heterocycles. The third-order valence-electron chi connectivity index (χ3n) is 4.10. The van der Waals surface area contributed by atoms with Gasteiger partial charge in [-0.3, -0.25) is 9.59 Å². The van der Waals surface area contributed by atoms with Crippen molar-refractivity contribution in [1.29, 1.82) is 0 Å². The lowest BCUT2D eigenvalue weighted by Gasteiger charge is -2.24. The fourth-order valence-electron chi connectivity index (χ4n) is 2.62. The summed E-state index contributed by atoms with van der Waals surface area (Å²) in [5, 5.41) is 9.23. The van der Waals surface area contributed by atoms with E-state index >= 15 is 0 Å². The molecule has 0 aliphatic heterocycles. The lowest BCUT2D eigenvalue weighted by Crippen LogP contribution is -2.39. The molecule has 0 fully saturated rings. The summed E-state index contributed by atoms with van der Waals surface area (Å²) in [6.07, 6.45) is 0. The number of carbonyl (C=O) groups is 2. The number of hydrogen-bond acceptors (Lipinski definition) is 5. The third kappa shape index (κ3) is 6.11. The summed E-state index contributed by atoms with van der Waals surface area (Å²) < 4.78 is 10.4. The Balaban J connectivity index is 2.00. The van der Waals surface area contributed by atoms with Crippen molar-refractivity contribution in [1.82, 2.24) is 4.90 Å². The SMILES string of the molecule is COC(=O)C(C)CN(CCO)C(=O)c1ccc(OCc2ccccc2)cc1. The summed E-state index contributed by atoms with van der Waals surface area (Å²) in [7, 11) is 1.31. The quantitative estimate of drug-likeness (QED) is 0.686. The topological polar surface area (TPSA) is 76.1 Å². The van der Waals surface area contributed by atoms with Crippen LogP contribution in [0.1, 0.15) is 22.8 Å². The van der Waals surface area contributed by atoms with Gasteiger partial charge in [-0.05, 0) is 29.8 Å². The van der Waals surface area contributed by atoms with Crippen LogP contribution in [0.4, 0.5) is 0 Å². The monoisotopic (exact) mass is 371 g/mol. The van der Waals surface area contributed by atoms with E-state index in [9.17, 15) is 14.7 Å². The zero-order valence-electron chi connectivity index (χ0n) is 15.6. The molecule has 2 aromatic rings. The Morgan fingerprint density at radius 3 is 2.33 bits per heavy atom. The zero-order chi connectivity index (χ0) is 19.6. The van der Waals surface area contributed by atoms with E-state index in [0.29, 0.717) is 17.9 Å². The van der Waals surface area contributed by atoms with Gasteiger partial charge in [-0.2, -0.15) is 0 Å². The molecule has 27 heavy (non-hydrogen) atoms. The molecule has 6 nitrogen and oxygen atoms in total. The molecule has 2 aromatic carbocycles. The second-order valence-corrected chi connectivity index (χ2v) is 6.20. The number of esters is 1. The van der Waals surface area contributed by atoms with Crippen molar-refractivity contribution in [3.8, 4) is 5.75 Å². The van der Waals surface area contributed by atoms with Gasteiger partial charge in [-0.15, -0.1) is 0 Å². The number of ether oxygens (including phenoxy) is 2. The second-order valence-electron chi connectivity index (χ2n) is 6.20. The standard InChI is InChI=1S/C21H25NO5/c1-16(21(25)26-2)14-22(12-13-23)20(24)18-8-10-19(11-9-18)27-15-17-6-4-3-5-7-17/h3-11,16,23H,12-15H2,1-2H3. The van der Waals surface area contributed by atoms with Gasteiger partial charge in [-0.25, -0.2) is 0 Å². The minimum Gasteiger partial charge on any atom is -0.489 e. The van der Waals surface area contributed by atoms with E-state index in [2.05, 4.69) is 0 Å². The van der Waals surface area contributed by atoms with E-state index in [0.717, 1.165) is 5.56 Å². The van der Waals surface area contributed by atoms with E-state index in [1.54, 1.807) is 31.2 Å². The van der Waals surface area contributed by atoms with E-state index in [-0.39, 0.29) is 25.6 Å². The first-order valence-electron chi connectivity index (χ1n) is 8.80. The number of methoxy groups -OCH3 is 1. The number of nitrogens with zero attached hydrogens (tertiary/aromatic N) is 1. The van der Waals surface area contributed by atoms with Crippen LogP contribution in [0.2, 0.25) is 0 Å². The normalized spacial score (nSPS) is 11.5. The number of benzene rings is 2. The molecule has 1 unspecified atom stereocenters. The van der Waals surface area contributed by atoms with Gasteiger partial charge in [0.15, 0.2) is 0 Å². The van der Waals surface area contributed by atoms with Gasteiger partial charge in [0.25, 0.3) is 5.91 Å². The van der Waals surface area contributed by atoms with Crippen LogP contribution in [0.5, 0.6) is 5.75 Å². The lowest BCUT2D eigenvalue weighted by atomic mass is 10.1. The predicted molar refractivity (Wildman–Crippen MR) is 101 cm³/mol. The number of aliphatic hydroxyl groups is 1. The third-order valence-corrected chi connectivity index (χ3v) is 4.10. The van der Waals surface area contributed by atoms with Gasteiger partial charge in [-0.1, -0.05) is 37.3 Å². The van der Waals surface area contributed by atoms with E-state index < -0.39 is 11.9 Å². The Morgan fingerprint density at radius 1 is 1.07 bits per heavy atom. The fourth-order valence-corrected chi connectivity index (χ4v) is 2.62. The largest absolute Gasteiger partial charge is 0.489 e. The first kappa shape index (κ1) is 20.5. The van der Waals surface area contributed by atoms with Gasteiger partial charge in [0.05, 0.1) is 19.6 Å². The maximum atomic E-state index is 12.7. The van der Waals surface area contributed by atoms with Gasteiger partial charge >= 0.3 is 5.97 Å². The molecule has 1 N–H and O–H groups in total. The molecule has 1 amide bonds. The van der Waals surface area contributed by atoms with Crippen molar-refractivity contribution >= 4 is 11.9 Å². The van der Waals surface area contributed by atoms with Crippen molar-refractivity contribution in [2.45, 2.75) is 13.5 Å². The average molecular weight is 371 g/mol. The highest BCUT2D eigenvalue weighted by Gasteiger charge is 2.22. The maximum absolute atomic E-state index is 12.7. The molecule has 6 heteroatoms. The average Bonchev–Trinajstić information content (AvgIpc) is 2.71. The van der Waals surface area contributed by atoms with Crippen LogP contribution in [-0.4, -0.2) is 48.7 Å². The zero-order valence-corrected chi connectivity index (χ0v) is 15.6. The molecule has 0 aliphatic carbocycles. The second kappa shape index (κ2) is 10.3. The van der Waals surface area contributed by atoms with Gasteiger partial charge in [0, 0.05) is 18.7 Å². The van der Waals surface area contributed by atoms with Crippen LogP contribution < -0.4 is 4.74 Å². The van der Waals surface area contributed by atoms with E-state index in [1.807, 2.05) is 30.3 Å². The molecule has 0 aliphatic rings. The van der Waals surface area contributed by atoms with Crippen molar-refractivity contribution in [2.24, 2.45) is 5.92 Å². The molecule has 0 saturated heterocycles. The number of amides is 1. The van der Waals surface area contributed by atoms with Gasteiger partial charge in [0.1, 0.15) is 12.4 Å². The van der Waals surface area contributed by atoms with Crippen molar-refractivity contribution < 1.29 is 24.2 Å². The fraction of sp³-hybridized carbons (Fsp3) is 0.333. The summed E-state index contributed by atoms with van der Waals surface area (Å²) in [6, 6.07) is 16.6. The Labute approximate surface area is 159 Å². The molecular formula is C21H25NO5. The molecule has 2 rings (SSSR count). The summed E-state index contributed by atoms with van der Waals surface area (Å²) in [5.74, 6) is -0.462. The van der Waals surface area contributed by atoms with Crippen LogP contribution >= 0.6 is 0 Å². The smallest absolute Gasteiger partial charge is 0.310 e.